The molecule has 0 bridgehead atoms. The summed E-state index contributed by atoms with van der Waals surface area (Å²) in [5.41, 5.74) is -0.650. The van der Waals surface area contributed by atoms with E-state index in [4.69, 9.17) is 9.47 Å². The first kappa shape index (κ1) is 28.0. The van der Waals surface area contributed by atoms with Crippen LogP contribution in [0.15, 0.2) is 83.0 Å². The molecule has 9 nitrogen and oxygen atoms in total. The summed E-state index contributed by atoms with van der Waals surface area (Å²) in [6.45, 7) is 0. The maximum Gasteiger partial charge on any atom is 0.417 e. The number of nitrogens with one attached hydrogen (secondary N) is 1. The number of carbonyl (C=O) groups is 1. The molecule has 5 aromatic rings. The van der Waals surface area contributed by atoms with Crippen molar-refractivity contribution in [2.45, 2.75) is 6.18 Å². The number of carboxylic acid groups (broad SMARTS) is 1. The molecule has 12 heteroatoms. The van der Waals surface area contributed by atoms with Gasteiger partial charge in [-0.3, -0.25) is 0 Å². The number of carboxylic acids is 1. The van der Waals surface area contributed by atoms with Gasteiger partial charge in [0.1, 0.15) is 17.2 Å². The maximum atomic E-state index is 14.2. The number of benzene rings is 4. The molecule has 0 amide bonds. The number of rotatable bonds is 7. The number of aromatic nitrogens is 1. The number of phenols is 1. The lowest BCUT2D eigenvalue weighted by Crippen LogP contribution is -2.07. The molecule has 4 N–H and O–H groups in total. The van der Waals surface area contributed by atoms with Crippen molar-refractivity contribution in [1.82, 2.24) is 4.98 Å². The zero-order valence-electron chi connectivity index (χ0n) is 22.0. The summed E-state index contributed by atoms with van der Waals surface area (Å²) in [7, 11) is 2.74. The van der Waals surface area contributed by atoms with Crippen LogP contribution in [0.3, 0.4) is 0 Å². The second-order valence-electron chi connectivity index (χ2n) is 9.09. The fourth-order valence-corrected chi connectivity index (χ4v) is 4.59. The first-order valence-corrected chi connectivity index (χ1v) is 12.3. The molecule has 0 aliphatic rings. The lowest BCUT2D eigenvalue weighted by molar-refractivity contribution is -0.137. The molecule has 0 aliphatic heterocycles. The number of phenolic OH excluding ortho intramolecular Hbond substituents is 1. The van der Waals surface area contributed by atoms with Gasteiger partial charge in [-0.1, -0.05) is 24.3 Å². The number of aromatic carboxylic acids is 1. The highest BCUT2D eigenvalue weighted by molar-refractivity contribution is 6.04. The Morgan fingerprint density at radius 2 is 1.55 bits per heavy atom. The summed E-state index contributed by atoms with van der Waals surface area (Å²) in [5, 5.41) is 39.1. The summed E-state index contributed by atoms with van der Waals surface area (Å²) in [6, 6.07) is 16.9. The number of para-hydroxylation sites is 1. The normalized spacial score (nSPS) is 11.7. The van der Waals surface area contributed by atoms with Gasteiger partial charge in [-0.15, -0.1) is 10.2 Å². The number of H-pyrrole nitrogens is 1. The van der Waals surface area contributed by atoms with Gasteiger partial charge in [0.15, 0.2) is 11.4 Å². The number of ether oxygens (including phenoxy) is 2. The Kier molecular flexibility index (Phi) is 7.21. The molecular formula is C30H22F3N3O6. The number of alkyl halides is 3. The number of aromatic amines is 1. The second kappa shape index (κ2) is 10.8. The van der Waals surface area contributed by atoms with Crippen molar-refractivity contribution in [3.63, 3.8) is 0 Å². The van der Waals surface area contributed by atoms with Gasteiger partial charge in [-0.25, -0.2) is 4.79 Å². The van der Waals surface area contributed by atoms with Gasteiger partial charge in [-0.05, 0) is 53.6 Å². The molecule has 0 aliphatic carbocycles. The number of halogens is 3. The van der Waals surface area contributed by atoms with E-state index in [1.807, 2.05) is 0 Å². The Hall–Kier alpha value is -5.52. The highest BCUT2D eigenvalue weighted by Gasteiger charge is 2.36. The largest absolute Gasteiger partial charge is 0.505 e. The van der Waals surface area contributed by atoms with Crippen molar-refractivity contribution >= 4 is 28.2 Å². The Morgan fingerprint density at radius 3 is 2.19 bits per heavy atom. The first-order chi connectivity index (χ1) is 20.0. The predicted octanol–water partition coefficient (Wildman–Crippen LogP) is 8.06. The van der Waals surface area contributed by atoms with E-state index in [9.17, 15) is 33.3 Å². The minimum Gasteiger partial charge on any atom is -0.505 e. The van der Waals surface area contributed by atoms with Gasteiger partial charge < -0.3 is 29.8 Å². The number of aromatic hydroxyl groups is 2. The van der Waals surface area contributed by atoms with E-state index >= 15 is 0 Å². The third-order valence-corrected chi connectivity index (χ3v) is 6.57. The molecule has 5 rings (SSSR count). The van der Waals surface area contributed by atoms with Gasteiger partial charge in [0, 0.05) is 22.6 Å². The molecule has 0 atom stereocenters. The average molecular weight is 578 g/mol. The van der Waals surface area contributed by atoms with E-state index in [0.29, 0.717) is 5.56 Å². The summed E-state index contributed by atoms with van der Waals surface area (Å²) in [4.78, 5) is 14.0. The fraction of sp³-hybridized carbons (Fsp3) is 0.100. The zero-order valence-corrected chi connectivity index (χ0v) is 22.0. The van der Waals surface area contributed by atoms with Crippen LogP contribution in [0.2, 0.25) is 0 Å². The number of hydrogen-bond acceptors (Lipinski definition) is 7. The number of nitrogens with zero attached hydrogens (tertiary/aromatic N) is 2. The Bertz CT molecular complexity index is 1840. The third-order valence-electron chi connectivity index (χ3n) is 6.57. The average Bonchev–Trinajstić information content (AvgIpc) is 3.30. The van der Waals surface area contributed by atoms with Crippen LogP contribution in [0.4, 0.5) is 24.5 Å². The number of methoxy groups -OCH3 is 2. The molecule has 214 valence electrons. The van der Waals surface area contributed by atoms with Crippen LogP contribution in [0, 0.1) is 0 Å². The topological polar surface area (TPSA) is 137 Å². The number of fused-ring (bicyclic) bond motifs is 1. The predicted molar refractivity (Wildman–Crippen MR) is 148 cm³/mol. The molecule has 0 spiro atoms. The van der Waals surface area contributed by atoms with Crippen LogP contribution >= 0.6 is 0 Å². The van der Waals surface area contributed by atoms with E-state index in [1.54, 1.807) is 18.2 Å². The van der Waals surface area contributed by atoms with Crippen molar-refractivity contribution in [2.75, 3.05) is 14.2 Å². The van der Waals surface area contributed by atoms with Crippen molar-refractivity contribution < 1.29 is 42.8 Å². The molecule has 1 aromatic heterocycles. The van der Waals surface area contributed by atoms with Gasteiger partial charge >= 0.3 is 12.1 Å². The monoisotopic (exact) mass is 577 g/mol. The molecule has 0 saturated carbocycles. The molecule has 1 heterocycles. The summed E-state index contributed by atoms with van der Waals surface area (Å²) >= 11 is 0. The Labute approximate surface area is 236 Å². The molecule has 4 aromatic carbocycles. The van der Waals surface area contributed by atoms with Crippen LogP contribution in [0.25, 0.3) is 33.2 Å². The lowest BCUT2D eigenvalue weighted by Gasteiger charge is -2.16. The fourth-order valence-electron chi connectivity index (χ4n) is 4.59. The maximum absolute atomic E-state index is 14.2. The number of hydrogen-bond donors (Lipinski definition) is 4. The van der Waals surface area contributed by atoms with Crippen LogP contribution < -0.4 is 9.47 Å². The minimum absolute atomic E-state index is 0.0188. The molecule has 42 heavy (non-hydrogen) atoms. The molecule has 0 unspecified atom stereocenters. The standard InChI is InChI=1S/C30H22F3N3O6/c1-41-18-12-17(13-19(14-18)42-2)24-22(30(31,32)33)10-9-21-25(24)34-28(38)26(21)36-35-23-8-4-7-20(27(23)37)15-5-3-6-16(11-15)29(39)40/h3-14,34,37-38H,1-2H3,(H,39,40). The van der Waals surface area contributed by atoms with E-state index in [0.717, 1.165) is 12.1 Å². The highest BCUT2D eigenvalue weighted by Crippen LogP contribution is 2.47. The van der Waals surface area contributed by atoms with Crippen molar-refractivity contribution in [1.29, 1.82) is 0 Å². The zero-order chi connectivity index (χ0) is 30.2. The SMILES string of the molecule is COc1cc(OC)cc(-c2c(C(F)(F)F)ccc3c(N=Nc4cccc(-c5cccc(C(=O)O)c5)c4O)c(O)[nH]c23)c1. The van der Waals surface area contributed by atoms with E-state index < -0.39 is 23.6 Å². The van der Waals surface area contributed by atoms with Crippen molar-refractivity contribution in [3.05, 3.63) is 83.9 Å². The molecular weight excluding hydrogens is 555 g/mol. The van der Waals surface area contributed by atoms with Crippen molar-refractivity contribution in [3.8, 4) is 45.4 Å². The molecule has 0 radical (unpaired) electrons. The number of azo groups is 1. The summed E-state index contributed by atoms with van der Waals surface area (Å²) < 4.78 is 52.9. The van der Waals surface area contributed by atoms with Crippen LogP contribution in [0.1, 0.15) is 15.9 Å². The van der Waals surface area contributed by atoms with Gasteiger partial charge in [-0.2, -0.15) is 13.2 Å². The van der Waals surface area contributed by atoms with Crippen LogP contribution in [-0.2, 0) is 6.18 Å². The van der Waals surface area contributed by atoms with E-state index in [2.05, 4.69) is 15.2 Å². The van der Waals surface area contributed by atoms with Crippen molar-refractivity contribution in [2.24, 2.45) is 10.2 Å². The summed E-state index contributed by atoms with van der Waals surface area (Å²) in [5.74, 6) is -1.48. The van der Waals surface area contributed by atoms with E-state index in [1.165, 1.54) is 56.7 Å². The van der Waals surface area contributed by atoms with Crippen LogP contribution in [0.5, 0.6) is 23.1 Å². The van der Waals surface area contributed by atoms with Gasteiger partial charge in [0.05, 0.1) is 30.9 Å². The summed E-state index contributed by atoms with van der Waals surface area (Å²) in [6.07, 6.45) is -4.74. The second-order valence-corrected chi connectivity index (χ2v) is 9.09. The molecule has 0 fully saturated rings. The highest BCUT2D eigenvalue weighted by atomic mass is 19.4. The smallest absolute Gasteiger partial charge is 0.417 e. The van der Waals surface area contributed by atoms with Gasteiger partial charge in [0.25, 0.3) is 0 Å². The third kappa shape index (κ3) is 5.17. The molecule has 0 saturated heterocycles. The van der Waals surface area contributed by atoms with Gasteiger partial charge in [0.2, 0.25) is 5.88 Å². The Morgan fingerprint density at radius 1 is 0.857 bits per heavy atom. The lowest BCUT2D eigenvalue weighted by atomic mass is 9.96. The van der Waals surface area contributed by atoms with Crippen LogP contribution in [-0.4, -0.2) is 40.5 Å². The Balaban J connectivity index is 1.64. The minimum atomic E-state index is -4.74. The van der Waals surface area contributed by atoms with E-state index in [-0.39, 0.29) is 61.8 Å². The first-order valence-electron chi connectivity index (χ1n) is 12.3. The quantitative estimate of drug-likeness (QED) is 0.144.